The number of piperidine rings is 1. The van der Waals surface area contributed by atoms with Gasteiger partial charge in [0.1, 0.15) is 9.88 Å². The van der Waals surface area contributed by atoms with Crippen LogP contribution >= 0.6 is 11.3 Å². The van der Waals surface area contributed by atoms with Crippen LogP contribution in [0, 0.1) is 5.41 Å². The number of carbonyl (C=O) groups excluding carboxylic acids is 2. The van der Waals surface area contributed by atoms with E-state index in [0.717, 1.165) is 50.4 Å². The Balaban J connectivity index is 1.41. The van der Waals surface area contributed by atoms with Crippen LogP contribution in [0.4, 0.5) is 0 Å². The first-order chi connectivity index (χ1) is 12.1. The Morgan fingerprint density at radius 2 is 2.00 bits per heavy atom. The van der Waals surface area contributed by atoms with Gasteiger partial charge in [-0.25, -0.2) is 4.98 Å². The highest BCUT2D eigenvalue weighted by molar-refractivity contribution is 7.13. The summed E-state index contributed by atoms with van der Waals surface area (Å²) in [5.41, 5.74) is -0.342. The lowest BCUT2D eigenvalue weighted by Gasteiger charge is -2.37. The van der Waals surface area contributed by atoms with E-state index in [2.05, 4.69) is 9.88 Å². The van der Waals surface area contributed by atoms with Crippen LogP contribution in [0.25, 0.3) is 0 Å². The molecule has 25 heavy (non-hydrogen) atoms. The summed E-state index contributed by atoms with van der Waals surface area (Å²) in [6.45, 7) is 5.20. The second-order valence-corrected chi connectivity index (χ2v) is 8.80. The van der Waals surface area contributed by atoms with E-state index in [-0.39, 0.29) is 17.2 Å². The van der Waals surface area contributed by atoms with E-state index in [1.54, 1.807) is 6.20 Å². The van der Waals surface area contributed by atoms with Gasteiger partial charge in [0, 0.05) is 26.7 Å². The molecule has 4 heterocycles. The highest BCUT2D eigenvalue weighted by atomic mass is 32.1. The summed E-state index contributed by atoms with van der Waals surface area (Å²) in [4.78, 5) is 36.8. The van der Waals surface area contributed by atoms with Crippen molar-refractivity contribution < 1.29 is 9.59 Å². The van der Waals surface area contributed by atoms with Crippen molar-refractivity contribution >= 4 is 23.2 Å². The van der Waals surface area contributed by atoms with Crippen LogP contribution < -0.4 is 0 Å². The highest BCUT2D eigenvalue weighted by Gasteiger charge is 2.48. The van der Waals surface area contributed by atoms with Crippen molar-refractivity contribution in [3.05, 3.63) is 16.1 Å². The minimum atomic E-state index is -0.342. The van der Waals surface area contributed by atoms with Crippen molar-refractivity contribution in [3.63, 3.8) is 0 Å². The van der Waals surface area contributed by atoms with E-state index < -0.39 is 0 Å². The summed E-state index contributed by atoms with van der Waals surface area (Å²) >= 11 is 1.51. The molecule has 3 aliphatic rings. The minimum Gasteiger partial charge on any atom is -0.345 e. The number of rotatable bonds is 3. The van der Waals surface area contributed by atoms with Crippen molar-refractivity contribution in [2.24, 2.45) is 5.41 Å². The van der Waals surface area contributed by atoms with E-state index in [1.807, 2.05) is 16.8 Å². The summed E-state index contributed by atoms with van der Waals surface area (Å²) in [6, 6.07) is 0. The Hall–Kier alpha value is -1.47. The zero-order valence-corrected chi connectivity index (χ0v) is 15.7. The molecule has 4 rings (SSSR count). The van der Waals surface area contributed by atoms with Crippen LogP contribution in [0.5, 0.6) is 0 Å². The van der Waals surface area contributed by atoms with Crippen LogP contribution in [0.3, 0.4) is 0 Å². The van der Waals surface area contributed by atoms with Crippen LogP contribution in [0.15, 0.2) is 6.20 Å². The lowest BCUT2D eigenvalue weighted by atomic mass is 9.78. The largest absolute Gasteiger partial charge is 0.345 e. The summed E-state index contributed by atoms with van der Waals surface area (Å²) in [6.07, 6.45) is 6.97. The minimum absolute atomic E-state index is 0.0445. The van der Waals surface area contributed by atoms with Crippen molar-refractivity contribution in [2.75, 3.05) is 39.8 Å². The van der Waals surface area contributed by atoms with Crippen molar-refractivity contribution in [2.45, 2.75) is 38.6 Å². The standard InChI is InChI=1S/C18H26N4O2S/c1-20-7-4-5-18(17(20)24)6-10-22(13-18)16(23)14-11-19-15(25-14)12-21-8-2-3-9-21/h11H,2-10,12-13H2,1H3/t18-/m1/s1. The van der Waals surface area contributed by atoms with Crippen LogP contribution in [0.2, 0.25) is 0 Å². The molecule has 6 nitrogen and oxygen atoms in total. The van der Waals surface area contributed by atoms with E-state index in [1.165, 1.54) is 24.2 Å². The van der Waals surface area contributed by atoms with Crippen LogP contribution in [0.1, 0.15) is 46.8 Å². The maximum atomic E-state index is 12.9. The van der Waals surface area contributed by atoms with E-state index in [4.69, 9.17) is 0 Å². The predicted molar refractivity (Wildman–Crippen MR) is 96.4 cm³/mol. The molecule has 0 aromatic carbocycles. The van der Waals surface area contributed by atoms with Gasteiger partial charge in [-0.3, -0.25) is 14.5 Å². The molecule has 0 saturated carbocycles. The molecule has 0 aliphatic carbocycles. The molecule has 1 aromatic rings. The number of thiazole rings is 1. The number of nitrogens with zero attached hydrogens (tertiary/aromatic N) is 4. The Kier molecular flexibility index (Phi) is 4.54. The number of aromatic nitrogens is 1. The van der Waals surface area contributed by atoms with Gasteiger partial charge in [-0.15, -0.1) is 11.3 Å². The number of likely N-dealkylation sites (tertiary alicyclic amines) is 3. The van der Waals surface area contributed by atoms with Gasteiger partial charge in [0.25, 0.3) is 5.91 Å². The van der Waals surface area contributed by atoms with Gasteiger partial charge in [0.05, 0.1) is 18.2 Å². The first kappa shape index (κ1) is 17.0. The summed E-state index contributed by atoms with van der Waals surface area (Å²) in [5.74, 6) is 0.260. The van der Waals surface area contributed by atoms with Gasteiger partial charge in [0.15, 0.2) is 0 Å². The monoisotopic (exact) mass is 362 g/mol. The van der Waals surface area contributed by atoms with E-state index in [0.29, 0.717) is 18.0 Å². The molecule has 1 spiro atoms. The van der Waals surface area contributed by atoms with Gasteiger partial charge < -0.3 is 9.80 Å². The second kappa shape index (κ2) is 6.68. The fourth-order valence-corrected chi connectivity index (χ4v) is 5.39. The molecular formula is C18H26N4O2S. The normalized spacial score (nSPS) is 27.6. The maximum Gasteiger partial charge on any atom is 0.265 e. The van der Waals surface area contributed by atoms with Crippen molar-refractivity contribution in [3.8, 4) is 0 Å². The molecule has 3 saturated heterocycles. The molecule has 1 atom stereocenters. The molecule has 0 bridgehead atoms. The van der Waals surface area contributed by atoms with Gasteiger partial charge in [0.2, 0.25) is 5.91 Å². The third-order valence-corrected chi connectivity index (χ3v) is 6.88. The smallest absolute Gasteiger partial charge is 0.265 e. The zero-order chi connectivity index (χ0) is 17.4. The fraction of sp³-hybridized carbons (Fsp3) is 0.722. The topological polar surface area (TPSA) is 56.8 Å². The molecule has 3 aliphatic heterocycles. The quantitative estimate of drug-likeness (QED) is 0.823. The average molecular weight is 362 g/mol. The Labute approximate surface area is 152 Å². The fourth-order valence-electron chi connectivity index (χ4n) is 4.46. The zero-order valence-electron chi connectivity index (χ0n) is 14.9. The van der Waals surface area contributed by atoms with Gasteiger partial charge in [-0.1, -0.05) is 0 Å². The predicted octanol–water partition coefficient (Wildman–Crippen LogP) is 1.82. The Bertz CT molecular complexity index is 670. The molecule has 136 valence electrons. The van der Waals surface area contributed by atoms with Gasteiger partial charge in [-0.2, -0.15) is 0 Å². The number of carbonyl (C=O) groups is 2. The molecule has 1 aromatic heterocycles. The molecule has 0 N–H and O–H groups in total. The van der Waals surface area contributed by atoms with Crippen LogP contribution in [-0.4, -0.2) is 71.3 Å². The molecule has 3 fully saturated rings. The Morgan fingerprint density at radius 1 is 1.20 bits per heavy atom. The van der Waals surface area contributed by atoms with Crippen molar-refractivity contribution in [1.82, 2.24) is 19.7 Å². The maximum absolute atomic E-state index is 12.9. The number of hydrogen-bond acceptors (Lipinski definition) is 5. The van der Waals surface area contributed by atoms with Gasteiger partial charge >= 0.3 is 0 Å². The van der Waals surface area contributed by atoms with E-state index >= 15 is 0 Å². The first-order valence-corrected chi connectivity index (χ1v) is 10.1. The summed E-state index contributed by atoms with van der Waals surface area (Å²) in [7, 11) is 1.88. The molecular weight excluding hydrogens is 336 g/mol. The molecule has 0 radical (unpaired) electrons. The third-order valence-electron chi connectivity index (χ3n) is 5.91. The highest BCUT2D eigenvalue weighted by Crippen LogP contribution is 2.40. The summed E-state index contributed by atoms with van der Waals surface area (Å²) in [5, 5.41) is 1.02. The van der Waals surface area contributed by atoms with Crippen molar-refractivity contribution in [1.29, 1.82) is 0 Å². The molecule has 2 amide bonds. The number of amides is 2. The SMILES string of the molecule is CN1CCC[C@]2(CCN(C(=O)c3cnc(CN4CCCC4)s3)C2)C1=O. The molecule has 7 heteroatoms. The number of hydrogen-bond donors (Lipinski definition) is 0. The third kappa shape index (κ3) is 3.19. The first-order valence-electron chi connectivity index (χ1n) is 9.29. The lowest BCUT2D eigenvalue weighted by Crippen LogP contribution is -2.48. The van der Waals surface area contributed by atoms with E-state index in [9.17, 15) is 9.59 Å². The molecule has 0 unspecified atom stereocenters. The second-order valence-electron chi connectivity index (χ2n) is 7.69. The lowest BCUT2D eigenvalue weighted by molar-refractivity contribution is -0.143. The summed E-state index contributed by atoms with van der Waals surface area (Å²) < 4.78 is 0. The van der Waals surface area contributed by atoms with Crippen LogP contribution in [-0.2, 0) is 11.3 Å². The van der Waals surface area contributed by atoms with Gasteiger partial charge in [-0.05, 0) is 45.2 Å². The average Bonchev–Trinajstić information content (AvgIpc) is 3.34. The Morgan fingerprint density at radius 3 is 2.80 bits per heavy atom.